The molecular formula is C14H24N4O3. The lowest BCUT2D eigenvalue weighted by Gasteiger charge is -2.39. The summed E-state index contributed by atoms with van der Waals surface area (Å²) in [6.45, 7) is 6.88. The molecule has 1 fully saturated rings. The summed E-state index contributed by atoms with van der Waals surface area (Å²) in [5, 5.41) is 0. The number of morpholine rings is 1. The number of imidazole rings is 1. The standard InChI is InChI=1S/C14H24N4O3/c1-14(2,3)21-13(19)18-7-8-20-9-10(18)11(15)12-16-5-6-17(12)4/h5-6,10-11H,7-9,15H2,1-4H3. The minimum absolute atomic E-state index is 0.283. The molecule has 2 unspecified atom stereocenters. The van der Waals surface area contributed by atoms with E-state index in [0.29, 0.717) is 19.8 Å². The van der Waals surface area contributed by atoms with Gasteiger partial charge in [-0.05, 0) is 20.8 Å². The topological polar surface area (TPSA) is 82.6 Å². The van der Waals surface area contributed by atoms with Crippen LogP contribution >= 0.6 is 0 Å². The van der Waals surface area contributed by atoms with E-state index in [0.717, 1.165) is 5.82 Å². The molecule has 1 aromatic rings. The van der Waals surface area contributed by atoms with Crippen LogP contribution in [-0.4, -0.2) is 51.9 Å². The molecule has 2 atom stereocenters. The Morgan fingerprint density at radius 1 is 1.57 bits per heavy atom. The van der Waals surface area contributed by atoms with E-state index in [1.807, 2.05) is 38.6 Å². The first-order chi connectivity index (χ1) is 9.79. The van der Waals surface area contributed by atoms with Gasteiger partial charge in [0.05, 0.1) is 25.3 Å². The lowest BCUT2D eigenvalue weighted by atomic mass is 10.1. The number of rotatable bonds is 2. The molecule has 1 saturated heterocycles. The van der Waals surface area contributed by atoms with E-state index in [9.17, 15) is 4.79 Å². The fraction of sp³-hybridized carbons (Fsp3) is 0.714. The summed E-state index contributed by atoms with van der Waals surface area (Å²) in [5.41, 5.74) is 5.76. The second-order valence-electron chi connectivity index (χ2n) is 6.24. The summed E-state index contributed by atoms with van der Waals surface area (Å²) in [4.78, 5) is 18.3. The van der Waals surface area contributed by atoms with Gasteiger partial charge in [-0.2, -0.15) is 0 Å². The largest absolute Gasteiger partial charge is 0.444 e. The SMILES string of the molecule is Cn1ccnc1C(N)C1COCCN1C(=O)OC(C)(C)C. The number of ether oxygens (including phenoxy) is 2. The molecule has 2 heterocycles. The molecule has 2 N–H and O–H groups in total. The van der Waals surface area contributed by atoms with Crippen molar-refractivity contribution < 1.29 is 14.3 Å². The number of carbonyl (C=O) groups is 1. The third kappa shape index (κ3) is 3.74. The van der Waals surface area contributed by atoms with E-state index < -0.39 is 11.6 Å². The Hall–Kier alpha value is -1.60. The van der Waals surface area contributed by atoms with Gasteiger partial charge in [0.1, 0.15) is 11.4 Å². The molecule has 0 bridgehead atoms. The van der Waals surface area contributed by atoms with Crippen LogP contribution in [0.5, 0.6) is 0 Å². The molecule has 0 aromatic carbocycles. The van der Waals surface area contributed by atoms with Gasteiger partial charge in [-0.1, -0.05) is 0 Å². The molecule has 0 spiro atoms. The number of amides is 1. The van der Waals surface area contributed by atoms with Crippen molar-refractivity contribution in [3.05, 3.63) is 18.2 Å². The quantitative estimate of drug-likeness (QED) is 0.882. The van der Waals surface area contributed by atoms with Crippen LogP contribution in [0.1, 0.15) is 32.6 Å². The molecule has 7 heteroatoms. The fourth-order valence-electron chi connectivity index (χ4n) is 2.34. The zero-order chi connectivity index (χ0) is 15.6. The van der Waals surface area contributed by atoms with Gasteiger partial charge in [0.25, 0.3) is 0 Å². The van der Waals surface area contributed by atoms with Crippen molar-refractivity contribution in [1.29, 1.82) is 0 Å². The van der Waals surface area contributed by atoms with Crippen LogP contribution in [0.3, 0.4) is 0 Å². The highest BCUT2D eigenvalue weighted by atomic mass is 16.6. The first-order valence-electron chi connectivity index (χ1n) is 7.10. The van der Waals surface area contributed by atoms with E-state index in [1.54, 1.807) is 11.1 Å². The van der Waals surface area contributed by atoms with Gasteiger partial charge in [-0.3, -0.25) is 4.90 Å². The first kappa shape index (κ1) is 15.8. The molecule has 0 saturated carbocycles. The number of carbonyl (C=O) groups excluding carboxylic acids is 1. The Labute approximate surface area is 125 Å². The maximum Gasteiger partial charge on any atom is 0.410 e. The highest BCUT2D eigenvalue weighted by molar-refractivity contribution is 5.68. The lowest BCUT2D eigenvalue weighted by Crippen LogP contribution is -2.54. The molecule has 0 radical (unpaired) electrons. The van der Waals surface area contributed by atoms with Crippen molar-refractivity contribution in [3.8, 4) is 0 Å². The second kappa shape index (κ2) is 6.03. The van der Waals surface area contributed by atoms with E-state index >= 15 is 0 Å². The van der Waals surface area contributed by atoms with Crippen molar-refractivity contribution in [1.82, 2.24) is 14.5 Å². The van der Waals surface area contributed by atoms with Crippen LogP contribution in [0.4, 0.5) is 4.79 Å². The lowest BCUT2D eigenvalue weighted by molar-refractivity contribution is -0.0389. The van der Waals surface area contributed by atoms with Crippen molar-refractivity contribution in [2.45, 2.75) is 38.5 Å². The summed E-state index contributed by atoms with van der Waals surface area (Å²) >= 11 is 0. The molecule has 118 valence electrons. The molecule has 1 aromatic heterocycles. The molecule has 2 rings (SSSR count). The average Bonchev–Trinajstić information content (AvgIpc) is 2.82. The van der Waals surface area contributed by atoms with Gasteiger partial charge in [0.2, 0.25) is 0 Å². The predicted molar refractivity (Wildman–Crippen MR) is 77.7 cm³/mol. The number of aromatic nitrogens is 2. The van der Waals surface area contributed by atoms with E-state index in [-0.39, 0.29) is 12.1 Å². The summed E-state index contributed by atoms with van der Waals surface area (Å²) in [7, 11) is 1.88. The van der Waals surface area contributed by atoms with E-state index in [2.05, 4.69) is 4.98 Å². The minimum Gasteiger partial charge on any atom is -0.444 e. The zero-order valence-electron chi connectivity index (χ0n) is 13.1. The number of nitrogens with zero attached hydrogens (tertiary/aromatic N) is 3. The summed E-state index contributed by atoms with van der Waals surface area (Å²) in [5.74, 6) is 0.721. The third-order valence-corrected chi connectivity index (χ3v) is 3.36. The number of hydrogen-bond donors (Lipinski definition) is 1. The summed E-state index contributed by atoms with van der Waals surface area (Å²) in [6.07, 6.45) is 3.16. The third-order valence-electron chi connectivity index (χ3n) is 3.36. The van der Waals surface area contributed by atoms with Crippen molar-refractivity contribution in [2.75, 3.05) is 19.8 Å². The summed E-state index contributed by atoms with van der Waals surface area (Å²) < 4.78 is 12.8. The Kier molecular flexibility index (Phi) is 4.53. The highest BCUT2D eigenvalue weighted by Crippen LogP contribution is 2.22. The highest BCUT2D eigenvalue weighted by Gasteiger charge is 2.36. The van der Waals surface area contributed by atoms with Gasteiger partial charge in [-0.25, -0.2) is 9.78 Å². The Balaban J connectivity index is 2.15. The van der Waals surface area contributed by atoms with Gasteiger partial charge >= 0.3 is 6.09 Å². The van der Waals surface area contributed by atoms with Gasteiger partial charge in [0.15, 0.2) is 0 Å². The fourth-order valence-corrected chi connectivity index (χ4v) is 2.34. The Morgan fingerprint density at radius 2 is 2.29 bits per heavy atom. The maximum absolute atomic E-state index is 12.3. The van der Waals surface area contributed by atoms with E-state index in [4.69, 9.17) is 15.2 Å². The minimum atomic E-state index is -0.534. The molecule has 1 aliphatic rings. The smallest absolute Gasteiger partial charge is 0.410 e. The molecule has 7 nitrogen and oxygen atoms in total. The van der Waals surface area contributed by atoms with Crippen LogP contribution < -0.4 is 5.73 Å². The van der Waals surface area contributed by atoms with Crippen LogP contribution in [0, 0.1) is 0 Å². The predicted octanol–water partition coefficient (Wildman–Crippen LogP) is 1.06. The van der Waals surface area contributed by atoms with Gasteiger partial charge in [-0.15, -0.1) is 0 Å². The van der Waals surface area contributed by atoms with Gasteiger partial charge in [0, 0.05) is 26.0 Å². The van der Waals surface area contributed by atoms with Crippen LogP contribution in [0.2, 0.25) is 0 Å². The van der Waals surface area contributed by atoms with Crippen molar-refractivity contribution in [2.24, 2.45) is 12.8 Å². The second-order valence-corrected chi connectivity index (χ2v) is 6.24. The monoisotopic (exact) mass is 296 g/mol. The molecular weight excluding hydrogens is 272 g/mol. The van der Waals surface area contributed by atoms with Crippen molar-refractivity contribution >= 4 is 6.09 Å². The average molecular weight is 296 g/mol. The van der Waals surface area contributed by atoms with E-state index in [1.165, 1.54) is 0 Å². The number of hydrogen-bond acceptors (Lipinski definition) is 5. The van der Waals surface area contributed by atoms with Crippen LogP contribution in [-0.2, 0) is 16.5 Å². The molecule has 21 heavy (non-hydrogen) atoms. The maximum atomic E-state index is 12.3. The summed E-state index contributed by atoms with van der Waals surface area (Å²) in [6, 6.07) is -0.701. The van der Waals surface area contributed by atoms with Crippen LogP contribution in [0.15, 0.2) is 12.4 Å². The number of aryl methyl sites for hydroxylation is 1. The van der Waals surface area contributed by atoms with Gasteiger partial charge < -0.3 is 19.8 Å². The Bertz CT molecular complexity index is 495. The first-order valence-corrected chi connectivity index (χ1v) is 7.10. The Morgan fingerprint density at radius 3 is 2.86 bits per heavy atom. The number of nitrogens with two attached hydrogens (primary N) is 1. The normalized spacial score (nSPS) is 21.2. The molecule has 1 aliphatic heterocycles. The van der Waals surface area contributed by atoms with Crippen molar-refractivity contribution in [3.63, 3.8) is 0 Å². The zero-order valence-corrected chi connectivity index (χ0v) is 13.1. The molecule has 1 amide bonds. The van der Waals surface area contributed by atoms with Crippen LogP contribution in [0.25, 0.3) is 0 Å². The molecule has 0 aliphatic carbocycles.